The van der Waals surface area contributed by atoms with Gasteiger partial charge in [0.2, 0.25) is 5.91 Å². The monoisotopic (exact) mass is 382 g/mol. The molecule has 0 bridgehead atoms. The van der Waals surface area contributed by atoms with E-state index < -0.39 is 0 Å². The van der Waals surface area contributed by atoms with Crippen molar-refractivity contribution in [3.63, 3.8) is 0 Å². The van der Waals surface area contributed by atoms with Gasteiger partial charge >= 0.3 is 0 Å². The van der Waals surface area contributed by atoms with Crippen LogP contribution in [0.2, 0.25) is 0 Å². The number of ether oxygens (including phenoxy) is 1. The molecule has 1 fully saturated rings. The summed E-state index contributed by atoms with van der Waals surface area (Å²) in [4.78, 5) is 15.1. The Balaban J connectivity index is 1.30. The van der Waals surface area contributed by atoms with Gasteiger partial charge in [0.1, 0.15) is 18.9 Å². The molecule has 1 aromatic carbocycles. The van der Waals surface area contributed by atoms with Crippen molar-refractivity contribution in [1.29, 1.82) is 0 Å². The number of rotatable bonds is 6. The molecule has 4 rings (SSSR count). The van der Waals surface area contributed by atoms with Crippen molar-refractivity contribution >= 4 is 5.91 Å². The number of nitrogens with zero attached hydrogens (tertiary/aromatic N) is 3. The van der Waals surface area contributed by atoms with E-state index in [1.165, 1.54) is 19.3 Å². The van der Waals surface area contributed by atoms with Crippen molar-refractivity contribution in [2.45, 2.75) is 64.8 Å². The van der Waals surface area contributed by atoms with E-state index in [9.17, 15) is 4.79 Å². The van der Waals surface area contributed by atoms with Crippen LogP contribution in [0.4, 0.5) is 0 Å². The van der Waals surface area contributed by atoms with Gasteiger partial charge in [-0.1, -0.05) is 18.6 Å². The van der Waals surface area contributed by atoms with Crippen molar-refractivity contribution < 1.29 is 9.53 Å². The van der Waals surface area contributed by atoms with Gasteiger partial charge in [-0.15, -0.1) is 0 Å². The van der Waals surface area contributed by atoms with Crippen molar-refractivity contribution in [2.24, 2.45) is 0 Å². The molecule has 0 spiro atoms. The van der Waals surface area contributed by atoms with E-state index in [2.05, 4.69) is 29.2 Å². The van der Waals surface area contributed by atoms with Gasteiger partial charge in [-0.2, -0.15) is 5.10 Å². The molecule has 1 aromatic heterocycles. The van der Waals surface area contributed by atoms with Crippen molar-refractivity contribution in [3.8, 4) is 17.0 Å². The Morgan fingerprint density at radius 3 is 2.86 bits per heavy atom. The van der Waals surface area contributed by atoms with Crippen LogP contribution in [0.15, 0.2) is 30.5 Å². The first kappa shape index (κ1) is 19.0. The number of hydrogen-bond acceptors (Lipinski definition) is 4. The largest absolute Gasteiger partial charge is 0.488 e. The van der Waals surface area contributed by atoms with Crippen molar-refractivity contribution in [2.75, 3.05) is 13.1 Å². The second-order valence-corrected chi connectivity index (χ2v) is 8.03. The third kappa shape index (κ3) is 3.92. The highest BCUT2D eigenvalue weighted by Gasteiger charge is 2.24. The fraction of sp³-hybridized carbons (Fsp3) is 0.545. The Hall–Kier alpha value is -2.34. The SMILES string of the molecule is CC1CCCC(C)N1CCCNC(=O)Cn1ncc2c1-c1ccccc1OC2. The minimum atomic E-state index is 0.00890. The van der Waals surface area contributed by atoms with Gasteiger partial charge in [-0.05, 0) is 45.2 Å². The minimum Gasteiger partial charge on any atom is -0.488 e. The average Bonchev–Trinajstić information content (AvgIpc) is 3.10. The molecule has 1 saturated heterocycles. The lowest BCUT2D eigenvalue weighted by atomic mass is 9.97. The molecule has 28 heavy (non-hydrogen) atoms. The summed E-state index contributed by atoms with van der Waals surface area (Å²) < 4.78 is 7.56. The molecule has 2 aromatic rings. The molecule has 2 atom stereocenters. The Morgan fingerprint density at radius 2 is 2.04 bits per heavy atom. The summed E-state index contributed by atoms with van der Waals surface area (Å²) in [7, 11) is 0. The van der Waals surface area contributed by atoms with Crippen LogP contribution in [0.3, 0.4) is 0 Å². The van der Waals surface area contributed by atoms with Gasteiger partial charge < -0.3 is 10.1 Å². The van der Waals surface area contributed by atoms with Gasteiger partial charge in [-0.3, -0.25) is 14.4 Å². The summed E-state index contributed by atoms with van der Waals surface area (Å²) in [5, 5.41) is 7.49. The van der Waals surface area contributed by atoms with Gasteiger partial charge in [0, 0.05) is 36.3 Å². The fourth-order valence-corrected chi connectivity index (χ4v) is 4.50. The Labute approximate surface area is 166 Å². The molecule has 1 N–H and O–H groups in total. The number of carbonyl (C=O) groups is 1. The number of carbonyl (C=O) groups excluding carboxylic acids is 1. The first-order valence-electron chi connectivity index (χ1n) is 10.4. The number of aromatic nitrogens is 2. The van der Waals surface area contributed by atoms with Gasteiger partial charge in [0.15, 0.2) is 0 Å². The van der Waals surface area contributed by atoms with Gasteiger partial charge in [0.25, 0.3) is 0 Å². The zero-order valence-corrected chi connectivity index (χ0v) is 16.9. The Bertz CT molecular complexity index is 822. The highest BCUT2D eigenvalue weighted by molar-refractivity contribution is 5.78. The quantitative estimate of drug-likeness (QED) is 0.780. The van der Waals surface area contributed by atoms with Crippen LogP contribution < -0.4 is 10.1 Å². The predicted molar refractivity (Wildman–Crippen MR) is 109 cm³/mol. The average molecular weight is 383 g/mol. The number of benzene rings is 1. The molecule has 0 saturated carbocycles. The van der Waals surface area contributed by atoms with Gasteiger partial charge in [-0.25, -0.2) is 0 Å². The van der Waals surface area contributed by atoms with E-state index in [1.807, 2.05) is 24.3 Å². The zero-order chi connectivity index (χ0) is 19.5. The minimum absolute atomic E-state index is 0.00890. The second kappa shape index (κ2) is 8.35. The molecule has 2 aliphatic rings. The number of likely N-dealkylation sites (tertiary alicyclic amines) is 1. The van der Waals surface area contributed by atoms with E-state index in [-0.39, 0.29) is 12.5 Å². The molecule has 1 amide bonds. The summed E-state index contributed by atoms with van der Waals surface area (Å²) in [5.74, 6) is 0.858. The van der Waals surface area contributed by atoms with E-state index in [0.29, 0.717) is 25.2 Å². The van der Waals surface area contributed by atoms with Crippen molar-refractivity contribution in [1.82, 2.24) is 20.0 Å². The smallest absolute Gasteiger partial charge is 0.241 e. The normalized spacial score (nSPS) is 21.5. The maximum atomic E-state index is 12.5. The second-order valence-electron chi connectivity index (χ2n) is 8.03. The Morgan fingerprint density at radius 1 is 1.25 bits per heavy atom. The number of fused-ring (bicyclic) bond motifs is 3. The molecule has 6 heteroatoms. The molecule has 6 nitrogen and oxygen atoms in total. The molecule has 0 radical (unpaired) electrons. The summed E-state index contributed by atoms with van der Waals surface area (Å²) in [6, 6.07) is 9.22. The lowest BCUT2D eigenvalue weighted by Gasteiger charge is -2.39. The Kier molecular flexibility index (Phi) is 5.67. The van der Waals surface area contributed by atoms with E-state index >= 15 is 0 Å². The van der Waals surface area contributed by atoms with Crippen LogP contribution in [0.5, 0.6) is 5.75 Å². The maximum absolute atomic E-state index is 12.5. The van der Waals surface area contributed by atoms with Crippen LogP contribution in [-0.2, 0) is 17.9 Å². The molecular weight excluding hydrogens is 352 g/mol. The lowest BCUT2D eigenvalue weighted by Crippen LogP contribution is -2.44. The molecule has 150 valence electrons. The molecular formula is C22H30N4O2. The predicted octanol–water partition coefficient (Wildman–Crippen LogP) is 3.21. The summed E-state index contributed by atoms with van der Waals surface area (Å²) in [5.41, 5.74) is 3.02. The third-order valence-corrected chi connectivity index (χ3v) is 6.03. The van der Waals surface area contributed by atoms with Crippen LogP contribution in [0.1, 0.15) is 45.1 Å². The van der Waals surface area contributed by atoms with Gasteiger partial charge in [0.05, 0.1) is 11.9 Å². The van der Waals surface area contributed by atoms with E-state index in [4.69, 9.17) is 4.74 Å². The fourth-order valence-electron chi connectivity index (χ4n) is 4.50. The molecule has 2 unspecified atom stereocenters. The third-order valence-electron chi connectivity index (χ3n) is 6.03. The molecule has 3 heterocycles. The number of piperidine rings is 1. The summed E-state index contributed by atoms with van der Waals surface area (Å²) in [6.45, 7) is 7.12. The summed E-state index contributed by atoms with van der Waals surface area (Å²) in [6.07, 6.45) is 6.68. The number of hydrogen-bond donors (Lipinski definition) is 1. The van der Waals surface area contributed by atoms with Crippen LogP contribution in [0.25, 0.3) is 11.3 Å². The van der Waals surface area contributed by atoms with Crippen LogP contribution in [-0.4, -0.2) is 45.8 Å². The van der Waals surface area contributed by atoms with E-state index in [0.717, 1.165) is 35.5 Å². The standard InChI is InChI=1S/C22H30N4O2/c1-16-7-5-8-17(2)25(16)12-6-11-23-21(27)14-26-22-18(13-24-26)15-28-20-10-4-3-9-19(20)22/h3-4,9-10,13,16-17H,5-8,11-12,14-15H2,1-2H3,(H,23,27). The van der Waals surface area contributed by atoms with Crippen LogP contribution in [0, 0.1) is 0 Å². The zero-order valence-electron chi connectivity index (χ0n) is 16.9. The molecule has 2 aliphatic heterocycles. The summed E-state index contributed by atoms with van der Waals surface area (Å²) >= 11 is 0. The molecule has 0 aliphatic carbocycles. The highest BCUT2D eigenvalue weighted by atomic mass is 16.5. The van der Waals surface area contributed by atoms with Crippen molar-refractivity contribution in [3.05, 3.63) is 36.0 Å². The number of amides is 1. The number of para-hydroxylation sites is 1. The first-order valence-corrected chi connectivity index (χ1v) is 10.4. The first-order chi connectivity index (χ1) is 13.6. The van der Waals surface area contributed by atoms with Crippen LogP contribution >= 0.6 is 0 Å². The highest BCUT2D eigenvalue weighted by Crippen LogP contribution is 2.36. The number of nitrogens with one attached hydrogen (secondary N) is 1. The maximum Gasteiger partial charge on any atom is 0.241 e. The van der Waals surface area contributed by atoms with E-state index in [1.54, 1.807) is 10.9 Å². The topological polar surface area (TPSA) is 59.4 Å². The lowest BCUT2D eigenvalue weighted by molar-refractivity contribution is -0.121.